The van der Waals surface area contributed by atoms with E-state index >= 15 is 0 Å². The predicted octanol–water partition coefficient (Wildman–Crippen LogP) is 6.13. The Bertz CT molecular complexity index is 1570. The first-order chi connectivity index (χ1) is 16.0. The van der Waals surface area contributed by atoms with E-state index in [1.165, 1.54) is 4.68 Å². The minimum Gasteiger partial charge on any atom is -0.491 e. The minimum absolute atomic E-state index is 0.0534. The molecule has 0 spiro atoms. The lowest BCUT2D eigenvalue weighted by molar-refractivity contribution is 0.242. The summed E-state index contributed by atoms with van der Waals surface area (Å²) in [4.78, 5) is 18.0. The molecule has 33 heavy (non-hydrogen) atoms. The van der Waals surface area contributed by atoms with Crippen molar-refractivity contribution in [1.82, 2.24) is 9.66 Å². The molecule has 0 aliphatic rings. The highest BCUT2D eigenvalue weighted by Crippen LogP contribution is 2.29. The summed E-state index contributed by atoms with van der Waals surface area (Å²) < 4.78 is 13.0. The van der Waals surface area contributed by atoms with Gasteiger partial charge in [0.2, 0.25) is 5.82 Å². The molecule has 5 aromatic rings. The maximum atomic E-state index is 13.3. The van der Waals surface area contributed by atoms with E-state index in [0.717, 1.165) is 16.7 Å². The quantitative estimate of drug-likeness (QED) is 0.297. The minimum atomic E-state index is -0.292. The number of hydrogen-bond acceptors (Lipinski definition) is 5. The fraction of sp³-hybridized carbons (Fsp3) is 0.115. The highest BCUT2D eigenvalue weighted by Gasteiger charge is 2.16. The third-order valence-electron chi connectivity index (χ3n) is 5.00. The second-order valence-corrected chi connectivity index (χ2v) is 8.28. The van der Waals surface area contributed by atoms with E-state index in [0.29, 0.717) is 33.1 Å². The number of aromatic nitrogens is 2. The Morgan fingerprint density at radius 1 is 1.06 bits per heavy atom. The average molecular weight is 458 g/mol. The van der Waals surface area contributed by atoms with Gasteiger partial charge in [0.1, 0.15) is 11.3 Å². The van der Waals surface area contributed by atoms with Crippen LogP contribution in [0.4, 0.5) is 0 Å². The van der Waals surface area contributed by atoms with Gasteiger partial charge in [0.05, 0.1) is 23.2 Å². The Hall–Kier alpha value is -3.90. The molecule has 7 heteroatoms. The monoisotopic (exact) mass is 457 g/mol. The number of para-hydroxylation sites is 1. The van der Waals surface area contributed by atoms with Crippen LogP contribution in [0, 0.1) is 0 Å². The highest BCUT2D eigenvalue weighted by molar-refractivity contribution is 6.31. The van der Waals surface area contributed by atoms with Gasteiger partial charge in [0.25, 0.3) is 5.56 Å². The Morgan fingerprint density at radius 3 is 2.76 bits per heavy atom. The summed E-state index contributed by atoms with van der Waals surface area (Å²) in [7, 11) is 0. The molecule has 164 valence electrons. The lowest BCUT2D eigenvalue weighted by Crippen LogP contribution is -2.20. The molecule has 2 heterocycles. The van der Waals surface area contributed by atoms with E-state index in [1.807, 2.05) is 44.2 Å². The summed E-state index contributed by atoms with van der Waals surface area (Å²) in [6.07, 6.45) is 1.66. The second-order valence-electron chi connectivity index (χ2n) is 7.85. The Kier molecular flexibility index (Phi) is 5.44. The summed E-state index contributed by atoms with van der Waals surface area (Å²) in [5.74, 6) is 1.45. The van der Waals surface area contributed by atoms with Gasteiger partial charge in [-0.25, -0.2) is 4.98 Å². The lowest BCUT2D eigenvalue weighted by Gasteiger charge is -2.10. The van der Waals surface area contributed by atoms with Crippen LogP contribution in [0.1, 0.15) is 19.4 Å². The molecule has 6 nitrogen and oxygen atoms in total. The fourth-order valence-corrected chi connectivity index (χ4v) is 3.76. The zero-order valence-corrected chi connectivity index (χ0v) is 18.8. The van der Waals surface area contributed by atoms with E-state index in [9.17, 15) is 4.79 Å². The second kappa shape index (κ2) is 8.56. The van der Waals surface area contributed by atoms with E-state index in [2.05, 4.69) is 5.10 Å². The highest BCUT2D eigenvalue weighted by atomic mass is 35.5. The van der Waals surface area contributed by atoms with Crippen molar-refractivity contribution in [2.75, 3.05) is 0 Å². The smallest absolute Gasteiger partial charge is 0.282 e. The van der Waals surface area contributed by atoms with Crippen molar-refractivity contribution < 1.29 is 9.15 Å². The van der Waals surface area contributed by atoms with Gasteiger partial charge < -0.3 is 9.15 Å². The molecule has 0 unspecified atom stereocenters. The molecule has 0 radical (unpaired) electrons. The molecule has 0 aliphatic heterocycles. The number of halogens is 1. The Labute approximate surface area is 194 Å². The number of furan rings is 1. The first-order valence-corrected chi connectivity index (χ1v) is 10.9. The van der Waals surface area contributed by atoms with E-state index < -0.39 is 0 Å². The van der Waals surface area contributed by atoms with Gasteiger partial charge in [0.15, 0.2) is 5.76 Å². The summed E-state index contributed by atoms with van der Waals surface area (Å²) in [6.45, 7) is 3.93. The fourth-order valence-electron chi connectivity index (χ4n) is 3.58. The molecular formula is C26H20ClN3O3. The molecule has 0 N–H and O–H groups in total. The average Bonchev–Trinajstić information content (AvgIpc) is 3.21. The van der Waals surface area contributed by atoms with Crippen LogP contribution >= 0.6 is 11.6 Å². The number of fused-ring (bicyclic) bond motifs is 2. The van der Waals surface area contributed by atoms with Gasteiger partial charge in [-0.05, 0) is 67.9 Å². The molecular weight excluding hydrogens is 438 g/mol. The molecule has 0 fully saturated rings. The Balaban J connectivity index is 1.66. The van der Waals surface area contributed by atoms with Gasteiger partial charge in [-0.15, -0.1) is 0 Å². The number of rotatable bonds is 5. The standard InChI is InChI=1S/C26H20ClN3O3/c1-16(2)32-20-7-5-6-17(12-20)15-28-30-25(29-22-9-4-3-8-21(22)26(30)31)24-14-18-13-19(27)10-11-23(18)33-24/h3-16H,1-2H3. The molecule has 2 aromatic heterocycles. The van der Waals surface area contributed by atoms with E-state index in [4.69, 9.17) is 25.7 Å². The molecule has 0 amide bonds. The molecule has 0 atom stereocenters. The van der Waals surface area contributed by atoms with Gasteiger partial charge >= 0.3 is 0 Å². The van der Waals surface area contributed by atoms with Crippen LogP contribution in [0.15, 0.2) is 87.1 Å². The van der Waals surface area contributed by atoms with E-state index in [1.54, 1.807) is 48.7 Å². The molecule has 0 aliphatic carbocycles. The molecule has 0 saturated carbocycles. The van der Waals surface area contributed by atoms with Crippen molar-refractivity contribution in [2.24, 2.45) is 5.10 Å². The molecule has 5 rings (SSSR count). The van der Waals surface area contributed by atoms with Crippen molar-refractivity contribution in [3.63, 3.8) is 0 Å². The van der Waals surface area contributed by atoms with Crippen molar-refractivity contribution in [3.8, 4) is 17.3 Å². The van der Waals surface area contributed by atoms with Crippen LogP contribution in [0.25, 0.3) is 33.5 Å². The largest absolute Gasteiger partial charge is 0.491 e. The van der Waals surface area contributed by atoms with Gasteiger partial charge in [-0.1, -0.05) is 35.9 Å². The third-order valence-corrected chi connectivity index (χ3v) is 5.24. The normalized spacial score (nSPS) is 11.8. The van der Waals surface area contributed by atoms with Gasteiger partial charge in [-0.2, -0.15) is 9.78 Å². The van der Waals surface area contributed by atoms with Gasteiger partial charge in [-0.3, -0.25) is 4.79 Å². The molecule has 0 bridgehead atoms. The Morgan fingerprint density at radius 2 is 1.91 bits per heavy atom. The van der Waals surface area contributed by atoms with Crippen LogP contribution in [0.2, 0.25) is 5.02 Å². The van der Waals surface area contributed by atoms with Crippen LogP contribution in [-0.2, 0) is 0 Å². The van der Waals surface area contributed by atoms with Crippen molar-refractivity contribution in [3.05, 3.63) is 93.7 Å². The molecule has 3 aromatic carbocycles. The van der Waals surface area contributed by atoms with Crippen LogP contribution in [-0.4, -0.2) is 22.0 Å². The molecule has 0 saturated heterocycles. The first-order valence-electron chi connectivity index (χ1n) is 10.5. The van der Waals surface area contributed by atoms with Crippen molar-refractivity contribution in [1.29, 1.82) is 0 Å². The summed E-state index contributed by atoms with van der Waals surface area (Å²) >= 11 is 6.12. The SMILES string of the molecule is CC(C)Oc1cccc(C=Nn2c(-c3cc4cc(Cl)ccc4o3)nc3ccccc3c2=O)c1. The third kappa shape index (κ3) is 4.25. The van der Waals surface area contributed by atoms with Crippen LogP contribution < -0.4 is 10.3 Å². The van der Waals surface area contributed by atoms with E-state index in [-0.39, 0.29) is 11.7 Å². The summed E-state index contributed by atoms with van der Waals surface area (Å²) in [6, 6.07) is 21.8. The van der Waals surface area contributed by atoms with Crippen molar-refractivity contribution in [2.45, 2.75) is 20.0 Å². The summed E-state index contributed by atoms with van der Waals surface area (Å²) in [5, 5.41) is 6.36. The predicted molar refractivity (Wildman–Crippen MR) is 131 cm³/mol. The number of nitrogens with zero attached hydrogens (tertiary/aromatic N) is 3. The lowest BCUT2D eigenvalue weighted by atomic mass is 10.2. The number of ether oxygens (including phenoxy) is 1. The zero-order chi connectivity index (χ0) is 22.9. The van der Waals surface area contributed by atoms with Crippen molar-refractivity contribution >= 4 is 39.7 Å². The van der Waals surface area contributed by atoms with Gasteiger partial charge in [0, 0.05) is 10.4 Å². The topological polar surface area (TPSA) is 69.6 Å². The van der Waals surface area contributed by atoms with Crippen LogP contribution in [0.5, 0.6) is 5.75 Å². The number of hydrogen-bond donors (Lipinski definition) is 0. The zero-order valence-electron chi connectivity index (χ0n) is 18.0. The maximum absolute atomic E-state index is 13.3. The first kappa shape index (κ1) is 21.0. The van der Waals surface area contributed by atoms with Crippen LogP contribution in [0.3, 0.4) is 0 Å². The number of benzene rings is 3. The summed E-state index contributed by atoms with van der Waals surface area (Å²) in [5.41, 5.74) is 1.70. The maximum Gasteiger partial charge on any atom is 0.282 e.